The van der Waals surface area contributed by atoms with Gasteiger partial charge in [0.05, 0.1) is 5.75 Å². The molecule has 0 aliphatic heterocycles. The van der Waals surface area contributed by atoms with E-state index in [1.54, 1.807) is 6.92 Å². The van der Waals surface area contributed by atoms with Gasteiger partial charge < -0.3 is 0 Å². The second-order valence-electron chi connectivity index (χ2n) is 5.21. The summed E-state index contributed by atoms with van der Waals surface area (Å²) in [6.07, 6.45) is -3.34. The number of rotatable bonds is 6. The Hall–Kier alpha value is -2.03. The molecule has 2 aromatic rings. The fourth-order valence-electron chi connectivity index (χ4n) is 2.10. The van der Waals surface area contributed by atoms with Crippen LogP contribution in [0.1, 0.15) is 18.4 Å². The van der Waals surface area contributed by atoms with Crippen molar-refractivity contribution in [2.45, 2.75) is 25.6 Å². The molecule has 23 heavy (non-hydrogen) atoms. The molecule has 0 amide bonds. The fraction of sp³-hybridized carbons (Fsp3) is 0.357. The minimum absolute atomic E-state index is 0.130. The Labute approximate surface area is 132 Å². The maximum atomic E-state index is 12.2. The molecule has 1 N–H and O–H groups in total. The van der Waals surface area contributed by atoms with Crippen LogP contribution in [0.25, 0.3) is 0 Å². The van der Waals surface area contributed by atoms with Gasteiger partial charge in [-0.15, -0.1) is 0 Å². The molecule has 0 aliphatic rings. The summed E-state index contributed by atoms with van der Waals surface area (Å²) in [6, 6.07) is 10.3. The maximum absolute atomic E-state index is 12.2. The highest BCUT2D eigenvalue weighted by molar-refractivity contribution is 7.92. The highest BCUT2D eigenvalue weighted by Gasteiger charge is 2.28. The van der Waals surface area contributed by atoms with E-state index in [4.69, 9.17) is 0 Å². The molecule has 9 heteroatoms. The van der Waals surface area contributed by atoms with Crippen LogP contribution in [0.3, 0.4) is 0 Å². The van der Waals surface area contributed by atoms with Crippen molar-refractivity contribution < 1.29 is 21.6 Å². The third kappa shape index (κ3) is 5.59. The Morgan fingerprint density at radius 1 is 1.22 bits per heavy atom. The zero-order valence-corrected chi connectivity index (χ0v) is 13.1. The van der Waals surface area contributed by atoms with E-state index in [0.29, 0.717) is 4.68 Å². The van der Waals surface area contributed by atoms with Gasteiger partial charge in [-0.1, -0.05) is 37.3 Å². The van der Waals surface area contributed by atoms with Gasteiger partial charge in [0.1, 0.15) is 6.54 Å². The monoisotopic (exact) mass is 347 g/mol. The van der Waals surface area contributed by atoms with Crippen LogP contribution in [0, 0.1) is 0 Å². The molecule has 1 aromatic carbocycles. The normalized spacial score (nSPS) is 13.7. The number of nitrogens with one attached hydrogen (secondary N) is 1. The van der Waals surface area contributed by atoms with Crippen molar-refractivity contribution in [2.24, 2.45) is 0 Å². The Morgan fingerprint density at radius 3 is 2.48 bits per heavy atom. The van der Waals surface area contributed by atoms with Crippen LogP contribution < -0.4 is 4.72 Å². The molecule has 1 aromatic heterocycles. The second-order valence-corrected chi connectivity index (χ2v) is 6.98. The Morgan fingerprint density at radius 2 is 1.87 bits per heavy atom. The van der Waals surface area contributed by atoms with Gasteiger partial charge in [0, 0.05) is 12.3 Å². The average Bonchev–Trinajstić information content (AvgIpc) is 2.83. The highest BCUT2D eigenvalue weighted by atomic mass is 32.2. The molecular formula is C14H16F3N3O2S. The SMILES string of the molecule is CC(CS(=O)(=O)Nc1ccn(CC(F)(F)F)n1)c1ccccc1. The van der Waals surface area contributed by atoms with Crippen LogP contribution in [0.5, 0.6) is 0 Å². The van der Waals surface area contributed by atoms with E-state index in [-0.39, 0.29) is 17.5 Å². The van der Waals surface area contributed by atoms with Gasteiger partial charge in [0.15, 0.2) is 5.82 Å². The van der Waals surface area contributed by atoms with Crippen LogP contribution in [0.15, 0.2) is 42.6 Å². The van der Waals surface area contributed by atoms with Gasteiger partial charge in [-0.05, 0) is 11.5 Å². The summed E-state index contributed by atoms with van der Waals surface area (Å²) in [5.74, 6) is -0.580. The molecule has 1 atom stereocenters. The van der Waals surface area contributed by atoms with E-state index in [1.165, 1.54) is 6.07 Å². The number of aromatic nitrogens is 2. The third-order valence-electron chi connectivity index (χ3n) is 3.08. The quantitative estimate of drug-likeness (QED) is 0.874. The van der Waals surface area contributed by atoms with Crippen LogP contribution in [0.4, 0.5) is 19.0 Å². The number of sulfonamides is 1. The van der Waals surface area contributed by atoms with E-state index in [0.717, 1.165) is 11.8 Å². The van der Waals surface area contributed by atoms with Gasteiger partial charge in [-0.2, -0.15) is 18.3 Å². The average molecular weight is 347 g/mol. The largest absolute Gasteiger partial charge is 0.408 e. The van der Waals surface area contributed by atoms with Crippen molar-refractivity contribution in [3.8, 4) is 0 Å². The lowest BCUT2D eigenvalue weighted by Gasteiger charge is -2.12. The first kappa shape index (κ1) is 17.3. The number of benzene rings is 1. The third-order valence-corrected chi connectivity index (χ3v) is 4.54. The summed E-state index contributed by atoms with van der Waals surface area (Å²) < 4.78 is 63.8. The number of halogens is 3. The van der Waals surface area contributed by atoms with Crippen LogP contribution >= 0.6 is 0 Å². The standard InChI is InChI=1S/C14H16F3N3O2S/c1-11(12-5-3-2-4-6-12)9-23(21,22)19-13-7-8-20(18-13)10-14(15,16)17/h2-8,11H,9-10H2,1H3,(H,18,19). The molecule has 0 fully saturated rings. The highest BCUT2D eigenvalue weighted by Crippen LogP contribution is 2.20. The Bertz CT molecular complexity index is 742. The summed E-state index contributed by atoms with van der Waals surface area (Å²) in [4.78, 5) is 0. The van der Waals surface area contributed by atoms with Crippen molar-refractivity contribution in [1.29, 1.82) is 0 Å². The van der Waals surface area contributed by atoms with Crippen molar-refractivity contribution in [3.63, 3.8) is 0 Å². The molecule has 5 nitrogen and oxygen atoms in total. The molecular weight excluding hydrogens is 331 g/mol. The van der Waals surface area contributed by atoms with Crippen LogP contribution in [0.2, 0.25) is 0 Å². The Balaban J connectivity index is 2.01. The number of alkyl halides is 3. The molecule has 2 rings (SSSR count). The molecule has 0 radical (unpaired) electrons. The van der Waals surface area contributed by atoms with Gasteiger partial charge in [-0.3, -0.25) is 9.40 Å². The lowest BCUT2D eigenvalue weighted by molar-refractivity contribution is -0.142. The molecule has 0 aliphatic carbocycles. The lowest BCUT2D eigenvalue weighted by Crippen LogP contribution is -2.21. The van der Waals surface area contributed by atoms with Crippen molar-refractivity contribution in [1.82, 2.24) is 9.78 Å². The first-order valence-electron chi connectivity index (χ1n) is 6.80. The Kier molecular flexibility index (Phi) is 4.98. The lowest BCUT2D eigenvalue weighted by atomic mass is 10.0. The summed E-state index contributed by atoms with van der Waals surface area (Å²) in [6.45, 7) is 0.492. The molecule has 1 unspecified atom stereocenters. The summed E-state index contributed by atoms with van der Waals surface area (Å²) >= 11 is 0. The van der Waals surface area contributed by atoms with Gasteiger partial charge >= 0.3 is 6.18 Å². The molecule has 1 heterocycles. The first-order chi connectivity index (χ1) is 10.6. The molecule has 0 saturated heterocycles. The van der Waals surface area contributed by atoms with Crippen molar-refractivity contribution in [2.75, 3.05) is 10.5 Å². The number of hydrogen-bond donors (Lipinski definition) is 1. The number of hydrogen-bond acceptors (Lipinski definition) is 3. The zero-order chi connectivity index (χ0) is 17.1. The second kappa shape index (κ2) is 6.61. The summed E-state index contributed by atoms with van der Waals surface area (Å²) in [5.41, 5.74) is 0.862. The van der Waals surface area contributed by atoms with Gasteiger partial charge in [0.2, 0.25) is 10.0 Å². The maximum Gasteiger partial charge on any atom is 0.408 e. The van der Waals surface area contributed by atoms with E-state index < -0.39 is 22.7 Å². The fourth-order valence-corrected chi connectivity index (χ4v) is 3.46. The van der Waals surface area contributed by atoms with E-state index in [1.807, 2.05) is 30.3 Å². The van der Waals surface area contributed by atoms with Crippen molar-refractivity contribution >= 4 is 15.8 Å². The van der Waals surface area contributed by atoms with Gasteiger partial charge in [-0.25, -0.2) is 8.42 Å². The van der Waals surface area contributed by atoms with Gasteiger partial charge in [0.25, 0.3) is 0 Å². The minimum Gasteiger partial charge on any atom is -0.266 e. The van der Waals surface area contributed by atoms with Crippen LogP contribution in [-0.4, -0.2) is 30.1 Å². The number of nitrogens with zero attached hydrogens (tertiary/aromatic N) is 2. The summed E-state index contributed by atoms with van der Waals surface area (Å²) in [5, 5.41) is 3.57. The molecule has 0 spiro atoms. The minimum atomic E-state index is -4.41. The predicted molar refractivity (Wildman–Crippen MR) is 80.5 cm³/mol. The number of anilines is 1. The van der Waals surface area contributed by atoms with E-state index in [9.17, 15) is 21.6 Å². The molecule has 0 saturated carbocycles. The van der Waals surface area contributed by atoms with E-state index >= 15 is 0 Å². The topological polar surface area (TPSA) is 64.0 Å². The predicted octanol–water partition coefficient (Wildman–Crippen LogP) is 2.99. The zero-order valence-electron chi connectivity index (χ0n) is 12.3. The smallest absolute Gasteiger partial charge is 0.266 e. The summed E-state index contributed by atoms with van der Waals surface area (Å²) in [7, 11) is -3.72. The van der Waals surface area contributed by atoms with E-state index in [2.05, 4.69) is 9.82 Å². The molecule has 126 valence electrons. The molecule has 0 bridgehead atoms. The van der Waals surface area contributed by atoms with Crippen LogP contribution in [-0.2, 0) is 16.6 Å². The van der Waals surface area contributed by atoms with Crippen molar-refractivity contribution in [3.05, 3.63) is 48.2 Å². The first-order valence-corrected chi connectivity index (χ1v) is 8.45.